The van der Waals surface area contributed by atoms with E-state index in [-0.39, 0.29) is 17.8 Å². The van der Waals surface area contributed by atoms with Crippen LogP contribution in [-0.4, -0.2) is 16.9 Å². The lowest BCUT2D eigenvalue weighted by Gasteiger charge is -2.56. The molecule has 4 aliphatic carbocycles. The average Bonchev–Trinajstić information content (AvgIpc) is 3.09. The Hall–Kier alpha value is -0.570. The molecule has 25 heavy (non-hydrogen) atoms. The highest BCUT2D eigenvalue weighted by Crippen LogP contribution is 2.60. The fourth-order valence-corrected chi connectivity index (χ4v) is 7.11. The summed E-state index contributed by atoms with van der Waals surface area (Å²) in [6.45, 7) is 3.93. The maximum Gasteiger partial charge on any atom is 0.311 e. The van der Waals surface area contributed by atoms with Gasteiger partial charge in [-0.25, -0.2) is 0 Å². The summed E-state index contributed by atoms with van der Waals surface area (Å²) in [7, 11) is 0. The van der Waals surface area contributed by atoms with Crippen LogP contribution in [0.2, 0.25) is 0 Å². The molecule has 0 amide bonds. The van der Waals surface area contributed by atoms with Crippen LogP contribution in [0.5, 0.6) is 0 Å². The Morgan fingerprint density at radius 1 is 1.00 bits per heavy atom. The molecule has 4 saturated carbocycles. The van der Waals surface area contributed by atoms with Crippen molar-refractivity contribution in [2.75, 3.05) is 0 Å². The van der Waals surface area contributed by atoms with E-state index >= 15 is 0 Å². The van der Waals surface area contributed by atoms with E-state index < -0.39 is 5.79 Å². The Bertz CT molecular complexity index is 504. The van der Waals surface area contributed by atoms with E-state index in [1.807, 2.05) is 13.8 Å². The summed E-state index contributed by atoms with van der Waals surface area (Å²) < 4.78 is 5.88. The second-order valence-electron chi connectivity index (χ2n) is 9.59. The van der Waals surface area contributed by atoms with Crippen molar-refractivity contribution >= 4 is 5.97 Å². The smallest absolute Gasteiger partial charge is 0.311 e. The lowest BCUT2D eigenvalue weighted by Crippen LogP contribution is -2.57. The van der Waals surface area contributed by atoms with Crippen LogP contribution in [0.1, 0.15) is 84.5 Å². The Morgan fingerprint density at radius 2 is 1.72 bits per heavy atom. The summed E-state index contributed by atoms with van der Waals surface area (Å²) in [4.78, 5) is 12.5. The van der Waals surface area contributed by atoms with E-state index in [1.54, 1.807) is 0 Å². The van der Waals surface area contributed by atoms with Crippen LogP contribution in [-0.2, 0) is 9.53 Å². The number of esters is 1. The number of hydrogen-bond donors (Lipinski definition) is 1. The van der Waals surface area contributed by atoms with Gasteiger partial charge in [0.25, 0.3) is 0 Å². The van der Waals surface area contributed by atoms with Crippen molar-refractivity contribution in [2.45, 2.75) is 90.3 Å². The molecule has 0 saturated heterocycles. The fourth-order valence-electron chi connectivity index (χ4n) is 7.11. The van der Waals surface area contributed by atoms with Crippen molar-refractivity contribution in [3.05, 3.63) is 0 Å². The van der Waals surface area contributed by atoms with Gasteiger partial charge in [-0.1, -0.05) is 26.7 Å². The van der Waals surface area contributed by atoms with Crippen LogP contribution in [0.4, 0.5) is 0 Å². The predicted molar refractivity (Wildman–Crippen MR) is 97.6 cm³/mol. The minimum atomic E-state index is -1.20. The molecular formula is C22H36O3. The number of carbonyl (C=O) groups excluding carboxylic acids is 1. The molecule has 4 aliphatic rings. The molecule has 4 fully saturated rings. The molecule has 0 aliphatic heterocycles. The molecule has 0 heterocycles. The minimum absolute atomic E-state index is 0.116. The maximum absolute atomic E-state index is 12.5. The van der Waals surface area contributed by atoms with Crippen molar-refractivity contribution in [3.63, 3.8) is 0 Å². The van der Waals surface area contributed by atoms with Gasteiger partial charge in [0.15, 0.2) is 0 Å². The predicted octanol–water partition coefficient (Wildman–Crippen LogP) is 4.92. The Labute approximate surface area is 152 Å². The molecule has 8 atom stereocenters. The average molecular weight is 349 g/mol. The van der Waals surface area contributed by atoms with Gasteiger partial charge >= 0.3 is 5.97 Å². The molecule has 1 N–H and O–H groups in total. The molecule has 3 unspecified atom stereocenters. The first-order valence-electron chi connectivity index (χ1n) is 11.0. The van der Waals surface area contributed by atoms with Gasteiger partial charge in [0.1, 0.15) is 0 Å². The van der Waals surface area contributed by atoms with E-state index in [2.05, 4.69) is 0 Å². The Morgan fingerprint density at radius 3 is 2.52 bits per heavy atom. The van der Waals surface area contributed by atoms with Gasteiger partial charge in [-0.15, -0.1) is 0 Å². The zero-order valence-electron chi connectivity index (χ0n) is 16.1. The topological polar surface area (TPSA) is 46.5 Å². The molecule has 0 spiro atoms. The van der Waals surface area contributed by atoms with Gasteiger partial charge in [-0.3, -0.25) is 4.79 Å². The first kappa shape index (κ1) is 17.8. The van der Waals surface area contributed by atoms with Gasteiger partial charge in [0, 0.05) is 12.3 Å². The van der Waals surface area contributed by atoms with Gasteiger partial charge in [0.2, 0.25) is 5.79 Å². The monoisotopic (exact) mass is 348 g/mol. The summed E-state index contributed by atoms with van der Waals surface area (Å²) in [5, 5.41) is 11.5. The highest BCUT2D eigenvalue weighted by molar-refractivity contribution is 5.72. The van der Waals surface area contributed by atoms with Crippen LogP contribution in [0.25, 0.3) is 0 Å². The molecule has 0 radical (unpaired) electrons. The third-order valence-electron chi connectivity index (χ3n) is 8.45. The number of rotatable bonds is 3. The summed E-state index contributed by atoms with van der Waals surface area (Å²) in [6, 6.07) is 0. The Balaban J connectivity index is 1.57. The number of carbonyl (C=O) groups is 1. The molecule has 3 heteroatoms. The minimum Gasteiger partial charge on any atom is -0.433 e. The number of hydrogen-bond acceptors (Lipinski definition) is 3. The van der Waals surface area contributed by atoms with Crippen molar-refractivity contribution in [1.29, 1.82) is 0 Å². The molecule has 0 aromatic carbocycles. The van der Waals surface area contributed by atoms with Crippen molar-refractivity contribution in [3.8, 4) is 0 Å². The third kappa shape index (κ3) is 3.05. The quantitative estimate of drug-likeness (QED) is 0.582. The van der Waals surface area contributed by atoms with E-state index in [0.29, 0.717) is 18.3 Å². The standard InChI is InChI=1S/C22H36O3/c1-3-14(2)21(23)25-22(24)13-5-7-16-10-11-18-17-8-4-6-15(17)9-12-19(18)20(16)22/h14-20,24H,3-13H2,1-2H3/t14?,15-,16?,17+,18-,19+,20-,22?/m0/s1. The van der Waals surface area contributed by atoms with Crippen molar-refractivity contribution in [1.82, 2.24) is 0 Å². The molecular weight excluding hydrogens is 312 g/mol. The molecule has 3 nitrogen and oxygen atoms in total. The highest BCUT2D eigenvalue weighted by Gasteiger charge is 2.57. The van der Waals surface area contributed by atoms with Gasteiger partial charge in [0.05, 0.1) is 5.92 Å². The first-order chi connectivity index (χ1) is 12.0. The third-order valence-corrected chi connectivity index (χ3v) is 8.45. The van der Waals surface area contributed by atoms with Crippen molar-refractivity contribution in [2.24, 2.45) is 41.4 Å². The second kappa shape index (κ2) is 6.87. The lowest BCUT2D eigenvalue weighted by atomic mass is 9.52. The molecule has 0 bridgehead atoms. The second-order valence-corrected chi connectivity index (χ2v) is 9.59. The van der Waals surface area contributed by atoms with E-state index in [1.165, 1.54) is 51.4 Å². The summed E-state index contributed by atoms with van der Waals surface area (Å²) >= 11 is 0. The Kier molecular flexibility index (Phi) is 4.90. The molecule has 0 aromatic heterocycles. The van der Waals surface area contributed by atoms with E-state index in [9.17, 15) is 9.90 Å². The largest absolute Gasteiger partial charge is 0.433 e. The number of ether oxygens (including phenoxy) is 1. The van der Waals surface area contributed by atoms with Gasteiger partial charge in [-0.05, 0) is 81.0 Å². The highest BCUT2D eigenvalue weighted by atomic mass is 16.7. The zero-order valence-corrected chi connectivity index (χ0v) is 16.1. The number of aliphatic hydroxyl groups is 1. The van der Waals surface area contributed by atoms with Crippen LogP contribution < -0.4 is 0 Å². The zero-order chi connectivity index (χ0) is 17.6. The van der Waals surface area contributed by atoms with Crippen LogP contribution in [0.3, 0.4) is 0 Å². The summed E-state index contributed by atoms with van der Waals surface area (Å²) in [6.07, 6.45) is 13.0. The summed E-state index contributed by atoms with van der Waals surface area (Å²) in [5.41, 5.74) is 0. The normalized spacial score (nSPS) is 47.3. The van der Waals surface area contributed by atoms with Gasteiger partial charge in [-0.2, -0.15) is 0 Å². The van der Waals surface area contributed by atoms with Crippen LogP contribution in [0, 0.1) is 41.4 Å². The molecule has 0 aromatic rings. The summed E-state index contributed by atoms with van der Waals surface area (Å²) in [5.74, 6) is 2.42. The van der Waals surface area contributed by atoms with E-state index in [0.717, 1.165) is 30.6 Å². The van der Waals surface area contributed by atoms with Gasteiger partial charge < -0.3 is 9.84 Å². The van der Waals surface area contributed by atoms with Crippen LogP contribution in [0.15, 0.2) is 0 Å². The van der Waals surface area contributed by atoms with Crippen molar-refractivity contribution < 1.29 is 14.6 Å². The molecule has 4 rings (SSSR count). The van der Waals surface area contributed by atoms with Crippen LogP contribution >= 0.6 is 0 Å². The SMILES string of the molecule is CCC(C)C(=O)OC1(O)CCCC2CC[C@H]3[C@@H]4CCC[C@H]4CC[C@H]3[C@H]21. The lowest BCUT2D eigenvalue weighted by molar-refractivity contribution is -0.277. The molecule has 142 valence electrons. The van der Waals surface area contributed by atoms with E-state index in [4.69, 9.17) is 4.74 Å². The first-order valence-corrected chi connectivity index (χ1v) is 11.0. The maximum atomic E-state index is 12.5. The number of fused-ring (bicyclic) bond motifs is 5. The fraction of sp³-hybridized carbons (Fsp3) is 0.955.